The van der Waals surface area contributed by atoms with E-state index in [9.17, 15) is 4.79 Å². The van der Waals surface area contributed by atoms with Crippen LogP contribution < -0.4 is 0 Å². The second kappa shape index (κ2) is 3.56. The summed E-state index contributed by atoms with van der Waals surface area (Å²) >= 11 is 0. The minimum atomic E-state index is -1.38. The zero-order chi connectivity index (χ0) is 9.99. The first-order valence-electron chi connectivity index (χ1n) is 3.71. The van der Waals surface area contributed by atoms with Crippen molar-refractivity contribution in [2.45, 2.75) is 25.5 Å². The quantitative estimate of drug-likeness (QED) is 0.602. The Bertz CT molecular complexity index is 170. The summed E-state index contributed by atoms with van der Waals surface area (Å²) in [5.74, 6) is 0. The molecule has 0 saturated heterocycles. The Morgan fingerprint density at radius 1 is 1.25 bits per heavy atom. The van der Waals surface area contributed by atoms with Gasteiger partial charge in [0.05, 0.1) is 7.11 Å². The van der Waals surface area contributed by atoms with Gasteiger partial charge in [0.1, 0.15) is 0 Å². The van der Waals surface area contributed by atoms with Crippen LogP contribution in [0, 0.1) is 0 Å². The monoisotopic (exact) mass is 194 g/mol. The van der Waals surface area contributed by atoms with Crippen LogP contribution in [0.25, 0.3) is 0 Å². The topological polar surface area (TPSA) is 35.5 Å². The molecule has 0 aromatic rings. The highest BCUT2D eigenvalue weighted by atomic mass is 32.3. The van der Waals surface area contributed by atoms with Crippen LogP contribution in [0.1, 0.15) is 20.8 Å². The largest absolute Gasteiger partial charge is 0.518 e. The third kappa shape index (κ3) is 2.93. The molecule has 0 spiro atoms. The number of methoxy groups -OCH3 is 1. The van der Waals surface area contributed by atoms with Gasteiger partial charge in [0.2, 0.25) is 0 Å². The maximum Gasteiger partial charge on any atom is 0.518 e. The number of ether oxygens (including phenoxy) is 1. The number of carbonyl (C=O) groups excluding carboxylic acids is 1. The summed E-state index contributed by atoms with van der Waals surface area (Å²) in [6, 6.07) is 0. The van der Waals surface area contributed by atoms with Gasteiger partial charge < -0.3 is 8.92 Å². The van der Waals surface area contributed by atoms with E-state index in [0.717, 1.165) is 0 Å². The van der Waals surface area contributed by atoms with Gasteiger partial charge in [0.25, 0.3) is 0 Å². The van der Waals surface area contributed by atoms with Gasteiger partial charge >= 0.3 is 6.16 Å². The first-order chi connectivity index (χ1) is 5.20. The Morgan fingerprint density at radius 3 is 1.92 bits per heavy atom. The summed E-state index contributed by atoms with van der Waals surface area (Å²) < 4.78 is 9.60. The van der Waals surface area contributed by atoms with E-state index in [0.29, 0.717) is 0 Å². The molecule has 12 heavy (non-hydrogen) atoms. The minimum Gasteiger partial charge on any atom is -0.437 e. The fraction of sp³-hybridized carbons (Fsp3) is 0.875. The van der Waals surface area contributed by atoms with E-state index in [-0.39, 0.29) is 4.75 Å². The Labute approximate surface area is 76.0 Å². The van der Waals surface area contributed by atoms with Crippen LogP contribution in [0.5, 0.6) is 0 Å². The molecule has 0 aliphatic carbocycles. The van der Waals surface area contributed by atoms with Gasteiger partial charge in [-0.15, -0.1) is 0 Å². The molecule has 0 unspecified atom stereocenters. The summed E-state index contributed by atoms with van der Waals surface area (Å²) in [6.07, 6.45) is 3.30. The molecule has 0 N–H and O–H groups in total. The predicted molar refractivity (Wildman–Crippen MR) is 52.7 cm³/mol. The molecule has 0 amide bonds. The van der Waals surface area contributed by atoms with Crippen molar-refractivity contribution in [3.05, 3.63) is 0 Å². The van der Waals surface area contributed by atoms with Gasteiger partial charge in [-0.3, -0.25) is 0 Å². The molecule has 0 radical (unpaired) electrons. The summed E-state index contributed by atoms with van der Waals surface area (Å²) in [7, 11) is -0.0637. The van der Waals surface area contributed by atoms with Crippen molar-refractivity contribution in [1.82, 2.24) is 0 Å². The normalized spacial score (nSPS) is 13.8. The maximum absolute atomic E-state index is 10.9. The van der Waals surface area contributed by atoms with Crippen molar-refractivity contribution in [2.75, 3.05) is 19.6 Å². The van der Waals surface area contributed by atoms with E-state index in [1.807, 2.05) is 33.3 Å². The molecule has 0 aliphatic rings. The Morgan fingerprint density at radius 2 is 1.67 bits per heavy atom. The Balaban J connectivity index is 4.33. The van der Waals surface area contributed by atoms with Gasteiger partial charge in [0, 0.05) is 4.75 Å². The average molecular weight is 194 g/mol. The molecule has 0 aliphatic heterocycles. The predicted octanol–water partition coefficient (Wildman–Crippen LogP) is 2.55. The highest BCUT2D eigenvalue weighted by Gasteiger charge is 2.32. The minimum absolute atomic E-state index is 0.0127. The zero-order valence-corrected chi connectivity index (χ0v) is 9.45. The molecule has 0 aromatic heterocycles. The molecule has 3 nitrogen and oxygen atoms in total. The highest BCUT2D eigenvalue weighted by Crippen LogP contribution is 2.53. The smallest absolute Gasteiger partial charge is 0.437 e. The van der Waals surface area contributed by atoms with Gasteiger partial charge in [-0.25, -0.2) is 4.79 Å². The lowest BCUT2D eigenvalue weighted by molar-refractivity contribution is 0.126. The second-order valence-corrected chi connectivity index (χ2v) is 7.74. The Hall–Kier alpha value is -0.380. The zero-order valence-electron chi connectivity index (χ0n) is 8.63. The third-order valence-corrected chi connectivity index (χ3v) is 5.42. The lowest BCUT2D eigenvalue weighted by Gasteiger charge is -2.41. The van der Waals surface area contributed by atoms with Crippen LogP contribution >= 0.6 is 10.3 Å². The first-order valence-corrected chi connectivity index (χ1v) is 6.08. The SMILES string of the molecule is COC(=O)OS(C)(C)C(C)(C)C. The van der Waals surface area contributed by atoms with E-state index in [1.54, 1.807) is 0 Å². The van der Waals surface area contributed by atoms with Crippen LogP contribution in [0.2, 0.25) is 0 Å². The summed E-state index contributed by atoms with van der Waals surface area (Å²) in [6.45, 7) is 6.14. The number of hydrogen-bond acceptors (Lipinski definition) is 3. The van der Waals surface area contributed by atoms with Gasteiger partial charge in [0.15, 0.2) is 0 Å². The molecule has 0 aromatic carbocycles. The number of carbonyl (C=O) groups is 1. The lowest BCUT2D eigenvalue weighted by atomic mass is 10.3. The number of hydrogen-bond donors (Lipinski definition) is 0. The standard InChI is InChI=1S/C8H18O3S/c1-8(2,3)12(5,6)11-7(9)10-4/h1-6H3. The van der Waals surface area contributed by atoms with Crippen molar-refractivity contribution >= 4 is 16.5 Å². The van der Waals surface area contributed by atoms with Crippen LogP contribution in [-0.4, -0.2) is 30.5 Å². The molecule has 4 heteroatoms. The van der Waals surface area contributed by atoms with Crippen molar-refractivity contribution in [1.29, 1.82) is 0 Å². The molecule has 74 valence electrons. The fourth-order valence-electron chi connectivity index (χ4n) is 0.329. The summed E-state index contributed by atoms with van der Waals surface area (Å²) in [5, 5.41) is 0. The molecular weight excluding hydrogens is 176 g/mol. The second-order valence-electron chi connectivity index (χ2n) is 3.88. The molecule has 0 rings (SSSR count). The van der Waals surface area contributed by atoms with Crippen LogP contribution in [-0.2, 0) is 8.92 Å². The van der Waals surface area contributed by atoms with Gasteiger partial charge in [-0.1, -0.05) is 10.3 Å². The number of rotatable bonds is 1. The average Bonchev–Trinajstić information content (AvgIpc) is 1.84. The molecular formula is C8H18O3S. The molecule has 0 atom stereocenters. The molecule has 0 heterocycles. The third-order valence-electron chi connectivity index (χ3n) is 1.92. The van der Waals surface area contributed by atoms with E-state index < -0.39 is 16.5 Å². The van der Waals surface area contributed by atoms with Gasteiger partial charge in [-0.05, 0) is 33.3 Å². The van der Waals surface area contributed by atoms with Crippen molar-refractivity contribution in [3.8, 4) is 0 Å². The summed E-state index contributed by atoms with van der Waals surface area (Å²) in [4.78, 5) is 10.9. The highest BCUT2D eigenvalue weighted by molar-refractivity contribution is 8.30. The van der Waals surface area contributed by atoms with Crippen molar-refractivity contribution < 1.29 is 13.7 Å². The molecule has 0 bridgehead atoms. The van der Waals surface area contributed by atoms with E-state index in [2.05, 4.69) is 4.74 Å². The van der Waals surface area contributed by atoms with Crippen molar-refractivity contribution in [2.24, 2.45) is 0 Å². The summed E-state index contributed by atoms with van der Waals surface area (Å²) in [5.41, 5.74) is 0. The van der Waals surface area contributed by atoms with Gasteiger partial charge in [-0.2, -0.15) is 0 Å². The van der Waals surface area contributed by atoms with Crippen LogP contribution in [0.4, 0.5) is 4.79 Å². The van der Waals surface area contributed by atoms with Crippen LogP contribution in [0.15, 0.2) is 0 Å². The van der Waals surface area contributed by atoms with E-state index in [4.69, 9.17) is 4.18 Å². The fourth-order valence-corrected chi connectivity index (χ4v) is 0.987. The van der Waals surface area contributed by atoms with E-state index in [1.165, 1.54) is 7.11 Å². The van der Waals surface area contributed by atoms with Crippen LogP contribution in [0.3, 0.4) is 0 Å². The van der Waals surface area contributed by atoms with Crippen molar-refractivity contribution in [3.63, 3.8) is 0 Å². The molecule has 0 saturated carbocycles. The lowest BCUT2D eigenvalue weighted by Crippen LogP contribution is -2.27. The molecule has 0 fully saturated rings. The maximum atomic E-state index is 10.9. The Kier molecular flexibility index (Phi) is 3.45. The van der Waals surface area contributed by atoms with E-state index >= 15 is 0 Å². The first kappa shape index (κ1) is 11.6.